The van der Waals surface area contributed by atoms with Crippen LogP contribution < -0.4 is 9.80 Å². The average Bonchev–Trinajstić information content (AvgIpc) is 3.90. The van der Waals surface area contributed by atoms with E-state index in [4.69, 9.17) is 4.42 Å². The van der Waals surface area contributed by atoms with Crippen LogP contribution in [0.15, 0.2) is 235 Å². The second-order valence-corrected chi connectivity index (χ2v) is 16.9. The van der Waals surface area contributed by atoms with Crippen molar-refractivity contribution in [3.05, 3.63) is 231 Å². The van der Waals surface area contributed by atoms with Gasteiger partial charge in [0.25, 0.3) is 0 Å². The van der Waals surface area contributed by atoms with E-state index in [1.807, 2.05) is 23.5 Å². The quantitative estimate of drug-likeness (QED) is 0.152. The van der Waals surface area contributed by atoms with Crippen LogP contribution in [0.4, 0.5) is 34.1 Å². The van der Waals surface area contributed by atoms with E-state index in [1.54, 1.807) is 0 Å². The zero-order valence-electron chi connectivity index (χ0n) is 33.7. The largest absolute Gasteiger partial charge is 0.456 e. The van der Waals surface area contributed by atoms with Crippen molar-refractivity contribution in [1.29, 1.82) is 0 Å². The van der Waals surface area contributed by atoms with Crippen LogP contribution >= 0.6 is 11.3 Å². The SMILES string of the molecule is c1ccc(-c2ccc(N(c3ccccc3)c3cc(-c4ccc5oc6ccccc6c5c4)cc(N(c4ccc5ccccc5c4)c4ccc5c(c4)sc4ccccc45)c3)cc2)cc1. The highest BCUT2D eigenvalue weighted by atomic mass is 32.1. The van der Waals surface area contributed by atoms with Crippen molar-refractivity contribution in [2.75, 3.05) is 9.80 Å². The normalized spacial score (nSPS) is 11.5. The van der Waals surface area contributed by atoms with Gasteiger partial charge in [0.2, 0.25) is 0 Å². The van der Waals surface area contributed by atoms with Gasteiger partial charge in [-0.25, -0.2) is 0 Å². The zero-order valence-corrected chi connectivity index (χ0v) is 34.5. The Bertz CT molecular complexity index is 3590. The Balaban J connectivity index is 1.11. The Morgan fingerprint density at radius 3 is 1.66 bits per heavy atom. The lowest BCUT2D eigenvalue weighted by atomic mass is 9.99. The van der Waals surface area contributed by atoms with Crippen molar-refractivity contribution in [2.24, 2.45) is 0 Å². The molecule has 0 amide bonds. The molecule has 0 spiro atoms. The molecule has 62 heavy (non-hydrogen) atoms. The number of rotatable bonds is 8. The van der Waals surface area contributed by atoms with E-state index in [2.05, 4.69) is 228 Å². The summed E-state index contributed by atoms with van der Waals surface area (Å²) in [6.45, 7) is 0. The molecule has 0 atom stereocenters. The van der Waals surface area contributed by atoms with Gasteiger partial charge in [-0.1, -0.05) is 140 Å². The monoisotopic (exact) mass is 810 g/mol. The highest BCUT2D eigenvalue weighted by Crippen LogP contribution is 2.46. The van der Waals surface area contributed by atoms with Crippen LogP contribution in [0, 0.1) is 0 Å². The van der Waals surface area contributed by atoms with Crippen LogP contribution in [0.25, 0.3) is 75.1 Å². The number of hydrogen-bond acceptors (Lipinski definition) is 4. The van der Waals surface area contributed by atoms with Gasteiger partial charge in [-0.2, -0.15) is 0 Å². The van der Waals surface area contributed by atoms with Crippen LogP contribution in [-0.2, 0) is 0 Å². The van der Waals surface area contributed by atoms with Crippen LogP contribution in [-0.4, -0.2) is 0 Å². The summed E-state index contributed by atoms with van der Waals surface area (Å²) >= 11 is 1.85. The first-order valence-electron chi connectivity index (χ1n) is 21.0. The van der Waals surface area contributed by atoms with Crippen LogP contribution in [0.5, 0.6) is 0 Å². The van der Waals surface area contributed by atoms with E-state index in [-0.39, 0.29) is 0 Å². The second kappa shape index (κ2) is 15.0. The van der Waals surface area contributed by atoms with Crippen LogP contribution in [0.1, 0.15) is 0 Å². The Hall–Kier alpha value is -7.92. The van der Waals surface area contributed by atoms with Gasteiger partial charge in [0.15, 0.2) is 0 Å². The van der Waals surface area contributed by atoms with Gasteiger partial charge < -0.3 is 14.2 Å². The fourth-order valence-corrected chi connectivity index (χ4v) is 10.1. The number of para-hydroxylation sites is 2. The summed E-state index contributed by atoms with van der Waals surface area (Å²) in [4.78, 5) is 4.80. The van der Waals surface area contributed by atoms with E-state index in [0.29, 0.717) is 0 Å². The molecule has 0 aliphatic carbocycles. The molecule has 292 valence electrons. The Morgan fingerprint density at radius 2 is 0.839 bits per heavy atom. The van der Waals surface area contributed by atoms with E-state index in [1.165, 1.54) is 42.1 Å². The number of anilines is 6. The molecule has 0 radical (unpaired) electrons. The lowest BCUT2D eigenvalue weighted by molar-refractivity contribution is 0.669. The summed E-state index contributed by atoms with van der Waals surface area (Å²) in [5.74, 6) is 0. The zero-order chi connectivity index (χ0) is 41.0. The number of nitrogens with zero attached hydrogens (tertiary/aromatic N) is 2. The topological polar surface area (TPSA) is 19.6 Å². The molecular weight excluding hydrogens is 773 g/mol. The third-order valence-corrected chi connectivity index (χ3v) is 13.1. The third kappa shape index (κ3) is 6.37. The van der Waals surface area contributed by atoms with Gasteiger partial charge in [0, 0.05) is 65.1 Å². The molecule has 10 aromatic carbocycles. The minimum Gasteiger partial charge on any atom is -0.456 e. The molecule has 3 nitrogen and oxygen atoms in total. The standard InChI is InChI=1S/C58H38N2OS/c1-3-13-39(14-4-1)41-23-27-46(28-24-41)59(45-17-5-2-6-18-45)49-34-44(43-26-32-56-54(36-43)51-19-9-11-21-55(51)61-56)35-50(37-49)60(47-29-25-40-15-7-8-16-42(40)33-47)48-30-31-53-52-20-10-12-22-57(52)62-58(53)38-48/h1-38H. The lowest BCUT2D eigenvalue weighted by Gasteiger charge is -2.30. The van der Waals surface area contributed by atoms with Crippen molar-refractivity contribution in [1.82, 2.24) is 0 Å². The Morgan fingerprint density at radius 1 is 0.274 bits per heavy atom. The van der Waals surface area contributed by atoms with Gasteiger partial charge >= 0.3 is 0 Å². The maximum atomic E-state index is 6.32. The average molecular weight is 811 g/mol. The van der Waals surface area contributed by atoms with E-state index in [9.17, 15) is 0 Å². The molecule has 0 fully saturated rings. The highest BCUT2D eigenvalue weighted by Gasteiger charge is 2.21. The Kier molecular flexibility index (Phi) is 8.68. The van der Waals surface area contributed by atoms with Gasteiger partial charge in [-0.15, -0.1) is 11.3 Å². The molecule has 0 saturated carbocycles. The summed E-state index contributed by atoms with van der Waals surface area (Å²) in [5, 5.41) is 7.18. The molecule has 0 unspecified atom stereocenters. The van der Waals surface area contributed by atoms with Crippen molar-refractivity contribution in [3.63, 3.8) is 0 Å². The number of fused-ring (bicyclic) bond motifs is 7. The first-order chi connectivity index (χ1) is 30.7. The van der Waals surface area contributed by atoms with Gasteiger partial charge in [0.1, 0.15) is 11.2 Å². The molecule has 0 aliphatic rings. The summed E-state index contributed by atoms with van der Waals surface area (Å²) in [6.07, 6.45) is 0. The third-order valence-electron chi connectivity index (χ3n) is 12.0. The van der Waals surface area contributed by atoms with Crippen molar-refractivity contribution in [2.45, 2.75) is 0 Å². The van der Waals surface area contributed by atoms with Gasteiger partial charge in [0.05, 0.1) is 0 Å². The summed E-state index contributed by atoms with van der Waals surface area (Å²) in [6, 6.07) is 83.2. The number of furan rings is 1. The predicted octanol–water partition coefficient (Wildman–Crippen LogP) is 17.4. The molecule has 12 rings (SSSR count). The fraction of sp³-hybridized carbons (Fsp3) is 0. The maximum Gasteiger partial charge on any atom is 0.135 e. The van der Waals surface area contributed by atoms with Crippen molar-refractivity contribution >= 4 is 98.3 Å². The lowest BCUT2D eigenvalue weighted by Crippen LogP contribution is -2.13. The molecule has 0 saturated heterocycles. The molecule has 0 bridgehead atoms. The molecule has 4 heteroatoms. The van der Waals surface area contributed by atoms with E-state index in [0.717, 1.165) is 67.2 Å². The molecule has 12 aromatic rings. The van der Waals surface area contributed by atoms with Crippen molar-refractivity contribution in [3.8, 4) is 22.3 Å². The number of hydrogen-bond donors (Lipinski definition) is 0. The molecule has 0 N–H and O–H groups in total. The first-order valence-corrected chi connectivity index (χ1v) is 21.8. The summed E-state index contributed by atoms with van der Waals surface area (Å²) in [5.41, 5.74) is 12.8. The van der Waals surface area contributed by atoms with Crippen molar-refractivity contribution < 1.29 is 4.42 Å². The summed E-state index contributed by atoms with van der Waals surface area (Å²) in [7, 11) is 0. The highest BCUT2D eigenvalue weighted by molar-refractivity contribution is 7.25. The summed E-state index contributed by atoms with van der Waals surface area (Å²) < 4.78 is 8.87. The van der Waals surface area contributed by atoms with Crippen LogP contribution in [0.3, 0.4) is 0 Å². The van der Waals surface area contributed by atoms with E-state index < -0.39 is 0 Å². The van der Waals surface area contributed by atoms with Gasteiger partial charge in [-0.3, -0.25) is 0 Å². The molecule has 2 heterocycles. The first kappa shape index (κ1) is 36.0. The molecular formula is C58H38N2OS. The maximum absolute atomic E-state index is 6.32. The minimum absolute atomic E-state index is 0.880. The molecule has 2 aromatic heterocycles. The van der Waals surface area contributed by atoms with Crippen LogP contribution in [0.2, 0.25) is 0 Å². The minimum atomic E-state index is 0.880. The Labute approximate surface area is 363 Å². The molecule has 0 aliphatic heterocycles. The predicted molar refractivity (Wildman–Crippen MR) is 264 cm³/mol. The smallest absolute Gasteiger partial charge is 0.135 e. The van der Waals surface area contributed by atoms with Gasteiger partial charge in [-0.05, 0) is 124 Å². The van der Waals surface area contributed by atoms with E-state index >= 15 is 0 Å². The fourth-order valence-electron chi connectivity index (χ4n) is 9.00. The second-order valence-electron chi connectivity index (χ2n) is 15.8. The number of benzene rings is 10. The number of thiophene rings is 1.